The van der Waals surface area contributed by atoms with Crippen molar-refractivity contribution < 1.29 is 0 Å². The summed E-state index contributed by atoms with van der Waals surface area (Å²) < 4.78 is 0. The Morgan fingerprint density at radius 1 is 0.909 bits per heavy atom. The van der Waals surface area contributed by atoms with Crippen molar-refractivity contribution >= 4 is 0 Å². The van der Waals surface area contributed by atoms with Gasteiger partial charge in [0, 0.05) is 0 Å². The molecule has 1 aliphatic rings. The molecule has 0 N–H and O–H groups in total. The SMILES string of the molecule is [C]1=CC=CCCCC=CCC1. The molecule has 0 aromatic carbocycles. The molecule has 0 fully saturated rings. The first-order valence-corrected chi connectivity index (χ1v) is 4.37. The third-order valence-corrected chi connectivity index (χ3v) is 1.71. The van der Waals surface area contributed by atoms with Gasteiger partial charge in [-0.1, -0.05) is 30.4 Å². The van der Waals surface area contributed by atoms with E-state index in [2.05, 4.69) is 30.4 Å². The van der Waals surface area contributed by atoms with Crippen LogP contribution in [0.3, 0.4) is 0 Å². The van der Waals surface area contributed by atoms with Gasteiger partial charge in [-0.25, -0.2) is 0 Å². The van der Waals surface area contributed by atoms with Crippen molar-refractivity contribution in [2.24, 2.45) is 0 Å². The highest BCUT2D eigenvalue weighted by atomic mass is 13.9. The number of rotatable bonds is 0. The van der Waals surface area contributed by atoms with Crippen molar-refractivity contribution in [3.63, 3.8) is 0 Å². The summed E-state index contributed by atoms with van der Waals surface area (Å²) in [6, 6.07) is 0. The van der Waals surface area contributed by atoms with E-state index in [-0.39, 0.29) is 0 Å². The highest BCUT2D eigenvalue weighted by Gasteiger charge is 1.82. The molecule has 0 aromatic rings. The average Bonchev–Trinajstić information content (AvgIpc) is 2.08. The van der Waals surface area contributed by atoms with Crippen LogP contribution in [0.1, 0.15) is 32.1 Å². The van der Waals surface area contributed by atoms with Crippen LogP contribution in [0.25, 0.3) is 0 Å². The third-order valence-electron chi connectivity index (χ3n) is 1.71. The van der Waals surface area contributed by atoms with Gasteiger partial charge in [-0.2, -0.15) is 0 Å². The van der Waals surface area contributed by atoms with E-state index in [0.29, 0.717) is 0 Å². The maximum atomic E-state index is 3.22. The van der Waals surface area contributed by atoms with Crippen molar-refractivity contribution in [3.8, 4) is 0 Å². The van der Waals surface area contributed by atoms with Gasteiger partial charge in [0.25, 0.3) is 0 Å². The van der Waals surface area contributed by atoms with Crippen LogP contribution < -0.4 is 0 Å². The Morgan fingerprint density at radius 2 is 1.73 bits per heavy atom. The highest BCUT2D eigenvalue weighted by molar-refractivity contribution is 5.00. The molecule has 59 valence electrons. The van der Waals surface area contributed by atoms with Crippen LogP contribution in [-0.2, 0) is 0 Å². The third kappa shape index (κ3) is 4.60. The van der Waals surface area contributed by atoms with E-state index in [0.717, 1.165) is 12.8 Å². The topological polar surface area (TPSA) is 0 Å². The minimum Gasteiger partial charge on any atom is -0.0885 e. The first kappa shape index (κ1) is 8.32. The molecule has 0 atom stereocenters. The van der Waals surface area contributed by atoms with Crippen LogP contribution in [0.5, 0.6) is 0 Å². The van der Waals surface area contributed by atoms with Gasteiger partial charge in [-0.05, 0) is 38.2 Å². The van der Waals surface area contributed by atoms with Crippen LogP contribution >= 0.6 is 0 Å². The molecule has 0 amide bonds. The monoisotopic (exact) mass is 147 g/mol. The molecule has 0 saturated heterocycles. The Balaban J connectivity index is 2.34. The molecule has 11 heavy (non-hydrogen) atoms. The predicted molar refractivity (Wildman–Crippen MR) is 49.2 cm³/mol. The van der Waals surface area contributed by atoms with E-state index in [1.54, 1.807) is 0 Å². The van der Waals surface area contributed by atoms with Crippen molar-refractivity contribution in [1.82, 2.24) is 0 Å². The van der Waals surface area contributed by atoms with E-state index in [1.807, 2.05) is 6.08 Å². The Kier molecular flexibility index (Phi) is 4.51. The maximum absolute atomic E-state index is 3.22. The molecule has 0 heteroatoms. The normalized spacial score (nSPS) is 19.6. The van der Waals surface area contributed by atoms with Gasteiger partial charge >= 0.3 is 0 Å². The lowest BCUT2D eigenvalue weighted by Crippen LogP contribution is -1.68. The Morgan fingerprint density at radius 3 is 2.73 bits per heavy atom. The van der Waals surface area contributed by atoms with Gasteiger partial charge in [0.1, 0.15) is 0 Å². The Bertz CT molecular complexity index is 161. The second-order valence-corrected chi connectivity index (χ2v) is 2.74. The number of hydrogen-bond donors (Lipinski definition) is 0. The van der Waals surface area contributed by atoms with Crippen molar-refractivity contribution in [3.05, 3.63) is 36.5 Å². The first-order valence-electron chi connectivity index (χ1n) is 4.37. The quantitative estimate of drug-likeness (QED) is 0.460. The molecule has 1 aliphatic carbocycles. The zero-order valence-corrected chi connectivity index (χ0v) is 6.92. The van der Waals surface area contributed by atoms with Gasteiger partial charge in [0.05, 0.1) is 0 Å². The summed E-state index contributed by atoms with van der Waals surface area (Å²) in [4.78, 5) is 0. The van der Waals surface area contributed by atoms with Crippen molar-refractivity contribution in [1.29, 1.82) is 0 Å². The summed E-state index contributed by atoms with van der Waals surface area (Å²) in [7, 11) is 0. The summed E-state index contributed by atoms with van der Waals surface area (Å²) >= 11 is 0. The minimum atomic E-state index is 1.06. The highest BCUT2D eigenvalue weighted by Crippen LogP contribution is 2.02. The lowest BCUT2D eigenvalue weighted by molar-refractivity contribution is 0.863. The summed E-state index contributed by atoms with van der Waals surface area (Å²) in [5.74, 6) is 0. The van der Waals surface area contributed by atoms with E-state index in [4.69, 9.17) is 0 Å². The summed E-state index contributed by atoms with van der Waals surface area (Å²) in [6.07, 6.45) is 20.0. The lowest BCUT2D eigenvalue weighted by Gasteiger charge is -1.88. The predicted octanol–water partition coefficient (Wildman–Crippen LogP) is 3.42. The van der Waals surface area contributed by atoms with E-state index in [9.17, 15) is 0 Å². The van der Waals surface area contributed by atoms with E-state index < -0.39 is 0 Å². The molecule has 0 bridgehead atoms. The zero-order valence-electron chi connectivity index (χ0n) is 6.92. The second kappa shape index (κ2) is 5.96. The number of allylic oxidation sites excluding steroid dienone is 6. The molecule has 0 saturated carbocycles. The smallest absolute Gasteiger partial charge is 0.0241 e. The standard InChI is InChI=1S/C11H15/c1-2-4-6-8-10-11-9-7-5-3-1/h1-3,10-11H,4,6-9H2. The Labute approximate surface area is 69.3 Å². The molecule has 0 nitrogen and oxygen atoms in total. The fraction of sp³-hybridized carbons (Fsp3) is 0.455. The summed E-state index contributed by atoms with van der Waals surface area (Å²) in [6.45, 7) is 0. The first-order chi connectivity index (χ1) is 5.50. The zero-order chi connectivity index (χ0) is 7.78. The molecule has 1 rings (SSSR count). The van der Waals surface area contributed by atoms with E-state index in [1.165, 1.54) is 19.3 Å². The molecular weight excluding hydrogens is 132 g/mol. The summed E-state index contributed by atoms with van der Waals surface area (Å²) in [5, 5.41) is 0. The van der Waals surface area contributed by atoms with Crippen molar-refractivity contribution in [2.75, 3.05) is 0 Å². The lowest BCUT2D eigenvalue weighted by atomic mass is 10.2. The maximum Gasteiger partial charge on any atom is -0.0241 e. The minimum absolute atomic E-state index is 1.06. The van der Waals surface area contributed by atoms with Gasteiger partial charge < -0.3 is 0 Å². The molecule has 0 aromatic heterocycles. The molecule has 0 heterocycles. The summed E-state index contributed by atoms with van der Waals surface area (Å²) in [5.41, 5.74) is 0. The fourth-order valence-corrected chi connectivity index (χ4v) is 1.07. The molecule has 1 radical (unpaired) electrons. The van der Waals surface area contributed by atoms with Gasteiger partial charge in [-0.15, -0.1) is 0 Å². The van der Waals surface area contributed by atoms with Gasteiger partial charge in [0.2, 0.25) is 0 Å². The Hall–Kier alpha value is -0.780. The molecule has 0 unspecified atom stereocenters. The van der Waals surface area contributed by atoms with Crippen LogP contribution in [-0.4, -0.2) is 0 Å². The number of hydrogen-bond acceptors (Lipinski definition) is 0. The van der Waals surface area contributed by atoms with E-state index >= 15 is 0 Å². The van der Waals surface area contributed by atoms with Crippen LogP contribution in [0.4, 0.5) is 0 Å². The van der Waals surface area contributed by atoms with Crippen LogP contribution in [0, 0.1) is 6.08 Å². The second-order valence-electron chi connectivity index (χ2n) is 2.74. The average molecular weight is 147 g/mol. The van der Waals surface area contributed by atoms with Gasteiger partial charge in [-0.3, -0.25) is 0 Å². The van der Waals surface area contributed by atoms with Crippen LogP contribution in [0.2, 0.25) is 0 Å². The van der Waals surface area contributed by atoms with Crippen LogP contribution in [0.15, 0.2) is 30.4 Å². The van der Waals surface area contributed by atoms with Gasteiger partial charge in [0.15, 0.2) is 0 Å². The largest absolute Gasteiger partial charge is 0.0885 e. The molecular formula is C11H15. The van der Waals surface area contributed by atoms with Crippen molar-refractivity contribution in [2.45, 2.75) is 32.1 Å². The molecule has 0 spiro atoms. The fourth-order valence-electron chi connectivity index (χ4n) is 1.07. The molecule has 0 aliphatic heterocycles.